The van der Waals surface area contributed by atoms with Gasteiger partial charge in [-0.1, -0.05) is 6.07 Å². The van der Waals surface area contributed by atoms with Gasteiger partial charge in [0, 0.05) is 5.56 Å². The lowest BCUT2D eigenvalue weighted by molar-refractivity contribution is 0.395. The van der Waals surface area contributed by atoms with Crippen LogP contribution in [-0.4, -0.2) is 10.2 Å². The summed E-state index contributed by atoms with van der Waals surface area (Å²) in [5.74, 6) is 0.0715. The van der Waals surface area contributed by atoms with Crippen molar-refractivity contribution in [1.29, 1.82) is 0 Å². The van der Waals surface area contributed by atoms with Gasteiger partial charge in [0.15, 0.2) is 11.5 Å². The molecule has 68 valence electrons. The molecular weight excluding hydrogens is 199 g/mol. The first-order chi connectivity index (χ1) is 4.79. The van der Waals surface area contributed by atoms with Crippen molar-refractivity contribution >= 4 is 24.8 Å². The summed E-state index contributed by atoms with van der Waals surface area (Å²) in [4.78, 5) is 0. The third-order valence-electron chi connectivity index (χ3n) is 2.00. The summed E-state index contributed by atoms with van der Waals surface area (Å²) in [6, 6.07) is 3.39. The van der Waals surface area contributed by atoms with Crippen LogP contribution in [0.15, 0.2) is 12.1 Å². The summed E-state index contributed by atoms with van der Waals surface area (Å²) >= 11 is 0. The average molecular weight is 209 g/mol. The van der Waals surface area contributed by atoms with E-state index >= 15 is 0 Å². The molecule has 1 aromatic rings. The molecule has 1 aliphatic carbocycles. The Morgan fingerprint density at radius 1 is 1.00 bits per heavy atom. The molecule has 0 fully saturated rings. The molecule has 2 nitrogen and oxygen atoms in total. The van der Waals surface area contributed by atoms with Crippen molar-refractivity contribution < 1.29 is 10.2 Å². The van der Waals surface area contributed by atoms with Gasteiger partial charge in [0.2, 0.25) is 0 Å². The molecule has 0 radical (unpaired) electrons. The molecule has 1 aliphatic rings. The molecule has 0 heterocycles. The van der Waals surface area contributed by atoms with Crippen LogP contribution in [0.5, 0.6) is 11.5 Å². The van der Waals surface area contributed by atoms with Crippen LogP contribution in [0.1, 0.15) is 11.1 Å². The van der Waals surface area contributed by atoms with Crippen LogP contribution in [0.3, 0.4) is 0 Å². The summed E-state index contributed by atoms with van der Waals surface area (Å²) in [5, 5.41) is 18.2. The minimum Gasteiger partial charge on any atom is -0.504 e. The summed E-state index contributed by atoms with van der Waals surface area (Å²) in [6.45, 7) is 0. The third kappa shape index (κ3) is 1.45. The molecule has 0 unspecified atom stereocenters. The molecule has 2 rings (SSSR count). The van der Waals surface area contributed by atoms with E-state index in [0.717, 1.165) is 24.0 Å². The first-order valence-electron chi connectivity index (χ1n) is 3.32. The van der Waals surface area contributed by atoms with Crippen molar-refractivity contribution in [2.24, 2.45) is 0 Å². The first kappa shape index (κ1) is 11.4. The van der Waals surface area contributed by atoms with E-state index in [1.54, 1.807) is 0 Å². The fraction of sp³-hybridized carbons (Fsp3) is 0.250. The maximum Gasteiger partial charge on any atom is 0.160 e. The standard InChI is InChI=1S/C8H8O2.2ClH/c9-7-4-2-5-1-3-6(5)8(7)10;;/h2,4,9-10H,1,3H2;2*1H. The second-order valence-corrected chi connectivity index (χ2v) is 2.57. The molecule has 12 heavy (non-hydrogen) atoms. The number of aromatic hydroxyl groups is 2. The van der Waals surface area contributed by atoms with Crippen molar-refractivity contribution in [2.75, 3.05) is 0 Å². The van der Waals surface area contributed by atoms with E-state index in [4.69, 9.17) is 5.11 Å². The highest BCUT2D eigenvalue weighted by atomic mass is 35.5. The molecule has 2 N–H and O–H groups in total. The first-order valence-corrected chi connectivity index (χ1v) is 3.32. The number of fused-ring (bicyclic) bond motifs is 1. The van der Waals surface area contributed by atoms with Crippen molar-refractivity contribution in [3.63, 3.8) is 0 Å². The average Bonchev–Trinajstić information content (AvgIpc) is 1.82. The molecule has 0 saturated heterocycles. The second kappa shape index (κ2) is 3.87. The monoisotopic (exact) mass is 208 g/mol. The summed E-state index contributed by atoms with van der Waals surface area (Å²) < 4.78 is 0. The van der Waals surface area contributed by atoms with Gasteiger partial charge in [-0.15, -0.1) is 24.8 Å². The topological polar surface area (TPSA) is 40.5 Å². The predicted octanol–water partition coefficient (Wildman–Crippen LogP) is 2.04. The largest absolute Gasteiger partial charge is 0.504 e. The van der Waals surface area contributed by atoms with E-state index in [2.05, 4.69) is 0 Å². The van der Waals surface area contributed by atoms with Gasteiger partial charge in [0.05, 0.1) is 0 Å². The van der Waals surface area contributed by atoms with Crippen molar-refractivity contribution in [1.82, 2.24) is 0 Å². The van der Waals surface area contributed by atoms with Crippen LogP contribution in [0.2, 0.25) is 0 Å². The predicted molar refractivity (Wildman–Crippen MR) is 51.7 cm³/mol. The Bertz CT molecular complexity index is 272. The molecule has 0 bridgehead atoms. The number of rotatable bonds is 0. The summed E-state index contributed by atoms with van der Waals surface area (Å²) in [5.41, 5.74) is 2.08. The van der Waals surface area contributed by atoms with E-state index in [1.165, 1.54) is 6.07 Å². The lowest BCUT2D eigenvalue weighted by Crippen LogP contribution is -2.07. The lowest BCUT2D eigenvalue weighted by Gasteiger charge is -2.19. The van der Waals surface area contributed by atoms with Crippen molar-refractivity contribution in [3.8, 4) is 11.5 Å². The maximum atomic E-state index is 9.19. The zero-order valence-corrected chi connectivity index (χ0v) is 7.91. The Morgan fingerprint density at radius 2 is 1.67 bits per heavy atom. The molecule has 0 spiro atoms. The van der Waals surface area contributed by atoms with Crippen molar-refractivity contribution in [2.45, 2.75) is 12.8 Å². The highest BCUT2D eigenvalue weighted by Crippen LogP contribution is 2.37. The molecular formula is C8H10Cl2O2. The minimum absolute atomic E-state index is 0. The highest BCUT2D eigenvalue weighted by molar-refractivity contribution is 5.85. The number of phenols is 2. The second-order valence-electron chi connectivity index (χ2n) is 2.57. The minimum atomic E-state index is -0.00144. The van der Waals surface area contributed by atoms with Crippen LogP contribution in [0.25, 0.3) is 0 Å². The molecule has 0 saturated carbocycles. The third-order valence-corrected chi connectivity index (χ3v) is 2.00. The zero-order valence-electron chi connectivity index (χ0n) is 6.28. The van der Waals surface area contributed by atoms with Crippen LogP contribution in [-0.2, 0) is 12.8 Å². The van der Waals surface area contributed by atoms with Crippen LogP contribution < -0.4 is 0 Å². The van der Waals surface area contributed by atoms with E-state index in [1.807, 2.05) is 6.07 Å². The lowest BCUT2D eigenvalue weighted by atomic mass is 9.88. The number of phenolic OH excluding ortho intramolecular Hbond substituents is 2. The Kier molecular flexibility index (Phi) is 3.68. The summed E-state index contributed by atoms with van der Waals surface area (Å²) in [6.07, 6.45) is 1.93. The SMILES string of the molecule is Cl.Cl.Oc1ccc2c(c1O)CC2. The fourth-order valence-electron chi connectivity index (χ4n) is 1.26. The van der Waals surface area contributed by atoms with Gasteiger partial charge in [0.25, 0.3) is 0 Å². The molecule has 0 aliphatic heterocycles. The number of hydrogen-bond donors (Lipinski definition) is 2. The van der Waals surface area contributed by atoms with Gasteiger partial charge in [0.1, 0.15) is 0 Å². The fourth-order valence-corrected chi connectivity index (χ4v) is 1.26. The number of benzene rings is 1. The quantitative estimate of drug-likeness (QED) is 0.642. The number of halogens is 2. The highest BCUT2D eigenvalue weighted by Gasteiger charge is 2.18. The normalized spacial score (nSPS) is 11.7. The molecule has 4 heteroatoms. The van der Waals surface area contributed by atoms with Gasteiger partial charge in [-0.05, 0) is 24.5 Å². The van der Waals surface area contributed by atoms with Gasteiger partial charge in [-0.25, -0.2) is 0 Å². The molecule has 0 aromatic heterocycles. The van der Waals surface area contributed by atoms with Gasteiger partial charge in [-0.2, -0.15) is 0 Å². The van der Waals surface area contributed by atoms with E-state index in [0.29, 0.717) is 0 Å². The van der Waals surface area contributed by atoms with Crippen LogP contribution in [0, 0.1) is 0 Å². The zero-order chi connectivity index (χ0) is 7.14. The molecule has 1 aromatic carbocycles. The van der Waals surface area contributed by atoms with Gasteiger partial charge < -0.3 is 10.2 Å². The number of aryl methyl sites for hydroxylation is 1. The van der Waals surface area contributed by atoms with E-state index < -0.39 is 0 Å². The molecule has 0 amide bonds. The maximum absolute atomic E-state index is 9.19. The van der Waals surface area contributed by atoms with Crippen molar-refractivity contribution in [3.05, 3.63) is 23.3 Å². The summed E-state index contributed by atoms with van der Waals surface area (Å²) in [7, 11) is 0. The van der Waals surface area contributed by atoms with Gasteiger partial charge in [-0.3, -0.25) is 0 Å². The Morgan fingerprint density at radius 3 is 2.08 bits per heavy atom. The Labute approximate surface area is 83.1 Å². The Hall–Kier alpha value is -0.600. The Balaban J connectivity index is 0.000000605. The molecule has 0 atom stereocenters. The van der Waals surface area contributed by atoms with E-state index in [9.17, 15) is 5.11 Å². The smallest absolute Gasteiger partial charge is 0.160 e. The number of hydrogen-bond acceptors (Lipinski definition) is 2. The van der Waals surface area contributed by atoms with E-state index in [-0.39, 0.29) is 36.3 Å². The van der Waals surface area contributed by atoms with Crippen LogP contribution in [0.4, 0.5) is 0 Å². The van der Waals surface area contributed by atoms with Gasteiger partial charge >= 0.3 is 0 Å². The van der Waals surface area contributed by atoms with Crippen LogP contribution >= 0.6 is 24.8 Å².